The number of nitrogens with one attached hydrogen (secondary N) is 3. The highest BCUT2D eigenvalue weighted by Crippen LogP contribution is 2.37. The maximum absolute atomic E-state index is 12.9. The molecule has 2 aromatic rings. The molecule has 0 radical (unpaired) electrons. The van der Waals surface area contributed by atoms with Gasteiger partial charge in [0, 0.05) is 11.5 Å². The zero-order chi connectivity index (χ0) is 21.0. The quantitative estimate of drug-likeness (QED) is 0.612. The molecule has 8 heteroatoms. The molecule has 1 aromatic heterocycles. The summed E-state index contributed by atoms with van der Waals surface area (Å²) in [5.74, 6) is 0.366. The number of anilines is 1. The summed E-state index contributed by atoms with van der Waals surface area (Å²) in [6.45, 7) is 3.54. The number of benzene rings is 1. The van der Waals surface area contributed by atoms with E-state index in [-0.39, 0.29) is 11.6 Å². The molecule has 0 spiro atoms. The molecule has 3 N–H and O–H groups in total. The van der Waals surface area contributed by atoms with E-state index in [0.29, 0.717) is 40.7 Å². The molecule has 0 saturated carbocycles. The fourth-order valence-electron chi connectivity index (χ4n) is 4.17. The number of H-pyrrole nitrogens is 1. The van der Waals surface area contributed by atoms with Gasteiger partial charge in [0.15, 0.2) is 18.0 Å². The van der Waals surface area contributed by atoms with Gasteiger partial charge < -0.3 is 29.4 Å². The number of esters is 1. The first-order chi connectivity index (χ1) is 14.0. The molecule has 1 aliphatic rings. The number of hydrogen-bond acceptors (Lipinski definition) is 5. The van der Waals surface area contributed by atoms with Gasteiger partial charge in [-0.05, 0) is 31.7 Å². The first kappa shape index (κ1) is 21.0. The number of carbonyl (C=O) groups is 2. The van der Waals surface area contributed by atoms with Gasteiger partial charge >= 0.3 is 5.97 Å². The van der Waals surface area contributed by atoms with E-state index in [1.54, 1.807) is 26.4 Å². The van der Waals surface area contributed by atoms with Crippen LogP contribution in [-0.4, -0.2) is 57.3 Å². The van der Waals surface area contributed by atoms with Crippen LogP contribution < -0.4 is 19.7 Å². The van der Waals surface area contributed by atoms with Crippen LogP contribution in [-0.2, 0) is 9.53 Å². The zero-order valence-corrected chi connectivity index (χ0v) is 17.5. The minimum atomic E-state index is -0.550. The topological polar surface area (TPSA) is 94.1 Å². The van der Waals surface area contributed by atoms with Crippen LogP contribution in [0.5, 0.6) is 11.5 Å². The summed E-state index contributed by atoms with van der Waals surface area (Å²) in [4.78, 5) is 29.5. The highest BCUT2D eigenvalue weighted by molar-refractivity contribution is 6.11. The second-order valence-corrected chi connectivity index (χ2v) is 7.35. The van der Waals surface area contributed by atoms with Crippen molar-refractivity contribution < 1.29 is 28.7 Å². The van der Waals surface area contributed by atoms with E-state index in [2.05, 4.69) is 17.2 Å². The summed E-state index contributed by atoms with van der Waals surface area (Å²) in [5, 5.41) is 3.61. The standard InChI is InChI=1S/C21H29N3O5/c1-5-13-8-6-7-9-24(13)12-18(25)23-19-14-10-16(27-2)17(28-3)11-15(14)22-20(19)21(26)29-4/h10-11,13,22H,5-9,12H2,1-4H3,(H,23,25)/p+1/t13-/m0/s1. The van der Waals surface area contributed by atoms with Gasteiger partial charge in [0.2, 0.25) is 0 Å². The zero-order valence-electron chi connectivity index (χ0n) is 17.5. The lowest BCUT2D eigenvalue weighted by Crippen LogP contribution is -3.17. The Morgan fingerprint density at radius 3 is 2.55 bits per heavy atom. The lowest BCUT2D eigenvalue weighted by atomic mass is 10.00. The number of carbonyl (C=O) groups excluding carboxylic acids is 2. The van der Waals surface area contributed by atoms with Crippen LogP contribution >= 0.6 is 0 Å². The summed E-state index contributed by atoms with van der Waals surface area (Å²) in [6, 6.07) is 3.98. The summed E-state index contributed by atoms with van der Waals surface area (Å²) in [5.41, 5.74) is 1.25. The Balaban J connectivity index is 1.93. The van der Waals surface area contributed by atoms with E-state index >= 15 is 0 Å². The Labute approximate surface area is 170 Å². The molecule has 1 aromatic carbocycles. The molecule has 1 aliphatic heterocycles. The van der Waals surface area contributed by atoms with E-state index in [4.69, 9.17) is 14.2 Å². The lowest BCUT2D eigenvalue weighted by molar-refractivity contribution is -0.923. The number of amides is 1. The van der Waals surface area contributed by atoms with Gasteiger partial charge in [-0.25, -0.2) is 4.79 Å². The molecular weight excluding hydrogens is 374 g/mol. The van der Waals surface area contributed by atoms with Crippen LogP contribution in [0.1, 0.15) is 43.1 Å². The van der Waals surface area contributed by atoms with Crippen molar-refractivity contribution in [3.8, 4) is 11.5 Å². The number of fused-ring (bicyclic) bond motifs is 1. The van der Waals surface area contributed by atoms with Crippen molar-refractivity contribution in [3.63, 3.8) is 0 Å². The summed E-state index contributed by atoms with van der Waals surface area (Å²) in [7, 11) is 4.40. The Morgan fingerprint density at radius 1 is 1.17 bits per heavy atom. The third-order valence-corrected chi connectivity index (χ3v) is 5.71. The van der Waals surface area contributed by atoms with Crippen LogP contribution in [0.15, 0.2) is 12.1 Å². The van der Waals surface area contributed by atoms with Gasteiger partial charge in [-0.3, -0.25) is 4.79 Å². The third kappa shape index (κ3) is 4.32. The number of ether oxygens (including phenoxy) is 3. The van der Waals surface area contributed by atoms with Crippen LogP contribution in [0.3, 0.4) is 0 Å². The average molecular weight is 404 g/mol. The van der Waals surface area contributed by atoms with Gasteiger partial charge in [0.05, 0.1) is 45.1 Å². The highest BCUT2D eigenvalue weighted by atomic mass is 16.5. The van der Waals surface area contributed by atoms with E-state index in [0.717, 1.165) is 25.8 Å². The number of quaternary nitrogens is 1. The first-order valence-electron chi connectivity index (χ1n) is 10.0. The summed E-state index contributed by atoms with van der Waals surface area (Å²) >= 11 is 0. The Kier molecular flexibility index (Phi) is 6.64. The van der Waals surface area contributed by atoms with E-state index in [1.165, 1.54) is 18.4 Å². The van der Waals surface area contributed by atoms with E-state index < -0.39 is 5.97 Å². The number of aromatic amines is 1. The van der Waals surface area contributed by atoms with Gasteiger partial charge in [-0.2, -0.15) is 0 Å². The number of methoxy groups -OCH3 is 3. The molecule has 158 valence electrons. The van der Waals surface area contributed by atoms with Gasteiger partial charge in [0.1, 0.15) is 5.69 Å². The predicted molar refractivity (Wildman–Crippen MR) is 110 cm³/mol. The number of piperidine rings is 1. The van der Waals surface area contributed by atoms with Crippen molar-refractivity contribution >= 4 is 28.5 Å². The van der Waals surface area contributed by atoms with Gasteiger partial charge in [-0.15, -0.1) is 0 Å². The molecule has 1 amide bonds. The summed E-state index contributed by atoms with van der Waals surface area (Å²) in [6.07, 6.45) is 4.56. The molecule has 1 saturated heterocycles. The molecule has 2 atom stereocenters. The fraction of sp³-hybridized carbons (Fsp3) is 0.524. The van der Waals surface area contributed by atoms with E-state index in [1.807, 2.05) is 0 Å². The molecule has 0 aliphatic carbocycles. The molecule has 2 heterocycles. The second-order valence-electron chi connectivity index (χ2n) is 7.35. The Hall–Kier alpha value is -2.74. The van der Waals surface area contributed by atoms with Crippen molar-refractivity contribution in [2.45, 2.75) is 38.6 Å². The number of likely N-dealkylation sites (tertiary alicyclic amines) is 1. The number of aromatic nitrogens is 1. The molecule has 29 heavy (non-hydrogen) atoms. The smallest absolute Gasteiger partial charge is 0.356 e. The fourth-order valence-corrected chi connectivity index (χ4v) is 4.17. The normalized spacial score (nSPS) is 19.0. The minimum absolute atomic E-state index is 0.124. The van der Waals surface area contributed by atoms with Crippen molar-refractivity contribution in [3.05, 3.63) is 17.8 Å². The Morgan fingerprint density at radius 2 is 1.90 bits per heavy atom. The highest BCUT2D eigenvalue weighted by Gasteiger charge is 2.28. The minimum Gasteiger partial charge on any atom is -0.493 e. The largest absolute Gasteiger partial charge is 0.493 e. The lowest BCUT2D eigenvalue weighted by Gasteiger charge is -2.31. The number of hydrogen-bond donors (Lipinski definition) is 3. The van der Waals surface area contributed by atoms with Crippen molar-refractivity contribution in [2.75, 3.05) is 39.7 Å². The van der Waals surface area contributed by atoms with Gasteiger partial charge in [0.25, 0.3) is 5.91 Å². The van der Waals surface area contributed by atoms with Crippen molar-refractivity contribution in [1.82, 2.24) is 4.98 Å². The maximum Gasteiger partial charge on any atom is 0.356 e. The molecule has 1 fully saturated rings. The molecule has 1 unspecified atom stereocenters. The second kappa shape index (κ2) is 9.17. The SMILES string of the molecule is CC[C@H]1CCCC[NH+]1CC(=O)Nc1c(C(=O)OC)[nH]c2cc(OC)c(OC)cc12. The average Bonchev–Trinajstić information content (AvgIpc) is 3.09. The monoisotopic (exact) mass is 404 g/mol. The molecular formula is C21H30N3O5+. The van der Waals surface area contributed by atoms with E-state index in [9.17, 15) is 9.59 Å². The summed E-state index contributed by atoms with van der Waals surface area (Å²) < 4.78 is 15.6. The van der Waals surface area contributed by atoms with Gasteiger partial charge in [-0.1, -0.05) is 6.92 Å². The molecule has 3 rings (SSSR count). The third-order valence-electron chi connectivity index (χ3n) is 5.71. The predicted octanol–water partition coefficient (Wildman–Crippen LogP) is 1.76. The van der Waals surface area contributed by atoms with Crippen LogP contribution in [0.25, 0.3) is 10.9 Å². The molecule has 8 nitrogen and oxygen atoms in total. The molecule has 0 bridgehead atoms. The van der Waals surface area contributed by atoms with Crippen molar-refractivity contribution in [1.29, 1.82) is 0 Å². The first-order valence-corrected chi connectivity index (χ1v) is 10.0. The van der Waals surface area contributed by atoms with Crippen LogP contribution in [0.2, 0.25) is 0 Å². The van der Waals surface area contributed by atoms with Crippen LogP contribution in [0.4, 0.5) is 5.69 Å². The van der Waals surface area contributed by atoms with Crippen LogP contribution in [0, 0.1) is 0 Å². The Bertz CT molecular complexity index is 892. The van der Waals surface area contributed by atoms with Crippen molar-refractivity contribution in [2.24, 2.45) is 0 Å². The number of rotatable bonds is 7. The maximum atomic E-state index is 12.9.